The maximum Gasteiger partial charge on any atom is 0.524 e. The number of unbranched alkanes of at least 4 members (excludes halogenated alkanes) is 1. The van der Waals surface area contributed by atoms with Gasteiger partial charge >= 0.3 is 12.0 Å². The molecule has 0 saturated carbocycles. The van der Waals surface area contributed by atoms with Crippen LogP contribution in [0.4, 0.5) is 4.79 Å². The Morgan fingerprint density at radius 1 is 1.04 bits per heavy atom. The molecule has 1 saturated heterocycles. The monoisotopic (exact) mass is 388 g/mol. The molecule has 152 valence electrons. The third-order valence-electron chi connectivity index (χ3n) is 5.30. The number of nitrogens with zero attached hydrogens (tertiary/aromatic N) is 1. The lowest BCUT2D eigenvalue weighted by Crippen LogP contribution is -2.56. The van der Waals surface area contributed by atoms with Crippen molar-refractivity contribution in [3.63, 3.8) is 0 Å². The van der Waals surface area contributed by atoms with E-state index in [1.807, 2.05) is 30.3 Å². The van der Waals surface area contributed by atoms with Gasteiger partial charge in [0.15, 0.2) is 6.10 Å². The summed E-state index contributed by atoms with van der Waals surface area (Å²) in [4.78, 5) is 25.8. The molecule has 28 heavy (non-hydrogen) atoms. The molecule has 3 atom stereocenters. The predicted molar refractivity (Wildman–Crippen MR) is 107 cm³/mol. The van der Waals surface area contributed by atoms with Crippen LogP contribution >= 0.6 is 0 Å². The number of imide groups is 1. The first-order valence-electron chi connectivity index (χ1n) is 9.58. The molecule has 1 aromatic carbocycles. The van der Waals surface area contributed by atoms with E-state index in [0.29, 0.717) is 38.5 Å². The smallest absolute Gasteiger partial charge is 0.405 e. The van der Waals surface area contributed by atoms with Crippen LogP contribution in [0.15, 0.2) is 30.3 Å². The quantitative estimate of drug-likeness (QED) is 0.211. The molecular weight excluding hydrogens is 358 g/mol. The number of ether oxygens (including phenoxy) is 1. The standard InChI is InChI=1S/C20H30N5O3/c1-25(18(26)13-6-5-11-16(21)22)15(10-7-12-17(23)24)19(28-20(25)27)14-8-3-2-4-9-14/h2-4,8-9,15,19H,5-7,10-13H2,1H3,(H3,21,22)(H3,23,24)/q+1. The Balaban J connectivity index is 2.19. The number of likely N-dealkylation sites (N-methyl/N-ethyl adjacent to an activating group) is 1. The summed E-state index contributed by atoms with van der Waals surface area (Å²) in [7, 11) is 1.62. The number of cyclic esters (lactones) is 1. The highest BCUT2D eigenvalue weighted by atomic mass is 16.6. The summed E-state index contributed by atoms with van der Waals surface area (Å²) in [5.74, 6) is -0.00856. The molecule has 1 heterocycles. The van der Waals surface area contributed by atoms with Crippen LogP contribution in [0.2, 0.25) is 0 Å². The van der Waals surface area contributed by atoms with Crippen molar-refractivity contribution in [2.45, 2.75) is 57.1 Å². The van der Waals surface area contributed by atoms with E-state index in [2.05, 4.69) is 0 Å². The van der Waals surface area contributed by atoms with Crippen LogP contribution in [0.5, 0.6) is 0 Å². The van der Waals surface area contributed by atoms with E-state index in [4.69, 9.17) is 27.0 Å². The number of amides is 2. The van der Waals surface area contributed by atoms with E-state index in [0.717, 1.165) is 5.56 Å². The Hall–Kier alpha value is -2.74. The number of carbonyl (C=O) groups is 2. The summed E-state index contributed by atoms with van der Waals surface area (Å²) in [5, 5.41) is 14.7. The van der Waals surface area contributed by atoms with Crippen molar-refractivity contribution in [2.24, 2.45) is 11.5 Å². The van der Waals surface area contributed by atoms with Crippen LogP contribution < -0.4 is 11.5 Å². The number of quaternary nitrogens is 1. The Morgan fingerprint density at radius 3 is 2.21 bits per heavy atom. The van der Waals surface area contributed by atoms with Gasteiger partial charge in [0.2, 0.25) is 0 Å². The molecule has 8 heteroatoms. The summed E-state index contributed by atoms with van der Waals surface area (Å²) in [6, 6.07) is 9.06. The lowest BCUT2D eigenvalue weighted by atomic mass is 9.95. The zero-order chi connectivity index (χ0) is 20.7. The van der Waals surface area contributed by atoms with Crippen molar-refractivity contribution in [1.82, 2.24) is 0 Å². The zero-order valence-corrected chi connectivity index (χ0v) is 16.3. The summed E-state index contributed by atoms with van der Waals surface area (Å²) >= 11 is 0. The highest BCUT2D eigenvalue weighted by Crippen LogP contribution is 2.40. The molecule has 0 aliphatic carbocycles. The third-order valence-corrected chi connectivity index (χ3v) is 5.30. The normalized spacial score (nSPS) is 24.0. The number of nitrogens with one attached hydrogen (secondary N) is 2. The second kappa shape index (κ2) is 9.45. The lowest BCUT2D eigenvalue weighted by molar-refractivity contribution is -0.773. The van der Waals surface area contributed by atoms with Gasteiger partial charge in [-0.3, -0.25) is 10.8 Å². The van der Waals surface area contributed by atoms with Gasteiger partial charge in [0.1, 0.15) is 6.04 Å². The molecule has 2 rings (SSSR count). The van der Waals surface area contributed by atoms with E-state index in [1.165, 1.54) is 0 Å². The number of amidine groups is 2. The Bertz CT molecular complexity index is 737. The van der Waals surface area contributed by atoms with Crippen molar-refractivity contribution in [3.8, 4) is 0 Å². The predicted octanol–water partition coefficient (Wildman–Crippen LogP) is 2.82. The fraction of sp³-hybridized carbons (Fsp3) is 0.500. The van der Waals surface area contributed by atoms with Gasteiger partial charge in [0, 0.05) is 19.3 Å². The first-order chi connectivity index (χ1) is 13.3. The average molecular weight is 388 g/mol. The number of carbonyl (C=O) groups excluding carboxylic acids is 2. The van der Waals surface area contributed by atoms with E-state index in [9.17, 15) is 9.59 Å². The maximum absolute atomic E-state index is 13.0. The third kappa shape index (κ3) is 4.95. The molecule has 8 nitrogen and oxygen atoms in total. The SMILES string of the molecule is C[N+]1(C(=O)CCCCC(=N)N)C(=O)OC(c2ccccc2)C1CCCC(=N)N. The Morgan fingerprint density at radius 2 is 1.61 bits per heavy atom. The topological polar surface area (TPSA) is 143 Å². The number of nitrogens with two attached hydrogens (primary N) is 2. The minimum absolute atomic E-state index is 0.0891. The molecule has 1 fully saturated rings. The molecule has 0 spiro atoms. The first kappa shape index (κ1) is 21.6. The van der Waals surface area contributed by atoms with Crippen molar-refractivity contribution >= 4 is 23.7 Å². The fourth-order valence-electron chi connectivity index (χ4n) is 3.66. The number of rotatable bonds is 10. The van der Waals surface area contributed by atoms with Crippen LogP contribution in [0.1, 0.15) is 56.6 Å². The van der Waals surface area contributed by atoms with Gasteiger partial charge in [-0.1, -0.05) is 30.3 Å². The van der Waals surface area contributed by atoms with Gasteiger partial charge in [-0.05, 0) is 24.8 Å². The van der Waals surface area contributed by atoms with Gasteiger partial charge in [0.25, 0.3) is 0 Å². The van der Waals surface area contributed by atoms with Crippen molar-refractivity contribution in [1.29, 1.82) is 10.8 Å². The van der Waals surface area contributed by atoms with Crippen molar-refractivity contribution in [3.05, 3.63) is 35.9 Å². The number of benzene rings is 1. The molecule has 1 aliphatic heterocycles. The second-order valence-electron chi connectivity index (χ2n) is 7.40. The number of hydrogen-bond acceptors (Lipinski definition) is 5. The van der Waals surface area contributed by atoms with Crippen LogP contribution in [0, 0.1) is 10.8 Å². The zero-order valence-electron chi connectivity index (χ0n) is 16.3. The summed E-state index contributed by atoms with van der Waals surface area (Å²) in [6.07, 6.45) is 2.37. The molecule has 1 aromatic rings. The van der Waals surface area contributed by atoms with Gasteiger partial charge in [0.05, 0.1) is 25.1 Å². The van der Waals surface area contributed by atoms with Crippen LogP contribution in [0.25, 0.3) is 0 Å². The number of hydrogen-bond donors (Lipinski definition) is 4. The van der Waals surface area contributed by atoms with Crippen LogP contribution in [-0.2, 0) is 9.53 Å². The van der Waals surface area contributed by atoms with Crippen LogP contribution in [0.3, 0.4) is 0 Å². The molecule has 0 radical (unpaired) electrons. The van der Waals surface area contributed by atoms with Crippen molar-refractivity contribution < 1.29 is 18.8 Å². The highest BCUT2D eigenvalue weighted by molar-refractivity contribution is 5.82. The van der Waals surface area contributed by atoms with Gasteiger partial charge in [-0.25, -0.2) is 4.79 Å². The first-order valence-corrected chi connectivity index (χ1v) is 9.58. The van der Waals surface area contributed by atoms with Gasteiger partial charge in [-0.15, -0.1) is 0 Å². The van der Waals surface area contributed by atoms with E-state index in [-0.39, 0.29) is 30.0 Å². The minimum Gasteiger partial charge on any atom is -0.405 e. The molecule has 3 unspecified atom stereocenters. The maximum atomic E-state index is 13.0. The minimum atomic E-state index is -0.543. The van der Waals surface area contributed by atoms with Crippen LogP contribution in [-0.4, -0.2) is 41.2 Å². The summed E-state index contributed by atoms with van der Waals surface area (Å²) in [6.45, 7) is 0. The second-order valence-corrected chi connectivity index (χ2v) is 7.40. The summed E-state index contributed by atoms with van der Waals surface area (Å²) < 4.78 is 5.27. The fourth-order valence-corrected chi connectivity index (χ4v) is 3.66. The van der Waals surface area contributed by atoms with Gasteiger partial charge in [-0.2, -0.15) is 9.28 Å². The Kier molecular flexibility index (Phi) is 7.28. The lowest BCUT2D eigenvalue weighted by Gasteiger charge is -2.29. The molecule has 1 aliphatic rings. The highest BCUT2D eigenvalue weighted by Gasteiger charge is 2.59. The van der Waals surface area contributed by atoms with E-state index in [1.54, 1.807) is 7.05 Å². The van der Waals surface area contributed by atoms with Gasteiger partial charge < -0.3 is 16.2 Å². The summed E-state index contributed by atoms with van der Waals surface area (Å²) in [5.41, 5.74) is 11.7. The Labute approximate surface area is 165 Å². The van der Waals surface area contributed by atoms with Crippen molar-refractivity contribution in [2.75, 3.05) is 7.05 Å². The molecule has 6 N–H and O–H groups in total. The average Bonchev–Trinajstić information content (AvgIpc) is 2.91. The molecule has 0 aromatic heterocycles. The van der Waals surface area contributed by atoms with E-state index >= 15 is 0 Å². The molecule has 0 bridgehead atoms. The molecule has 2 amide bonds. The van der Waals surface area contributed by atoms with E-state index < -0.39 is 16.7 Å². The molecular formula is C20H30N5O3+. The largest absolute Gasteiger partial charge is 0.524 e.